The molecule has 0 aromatic carbocycles. The average Bonchev–Trinajstić information content (AvgIpc) is 3.22. The lowest BCUT2D eigenvalue weighted by molar-refractivity contribution is -0.135. The topological polar surface area (TPSA) is 78.7 Å². The molecule has 0 aliphatic heterocycles. The molecular weight excluding hydrogens is 268 g/mol. The van der Waals surface area contributed by atoms with Gasteiger partial charge in [0.25, 0.3) is 0 Å². The molecule has 3 N–H and O–H groups in total. The molecule has 2 aliphatic rings. The smallest absolute Gasteiger partial charge is 0.239 e. The van der Waals surface area contributed by atoms with Crippen LogP contribution in [-0.4, -0.2) is 66.9 Å². The highest BCUT2D eigenvalue weighted by Gasteiger charge is 2.26. The van der Waals surface area contributed by atoms with Gasteiger partial charge in [-0.2, -0.15) is 0 Å². The number of hydrogen-bond donors (Lipinski definition) is 2. The van der Waals surface area contributed by atoms with E-state index in [1.54, 1.807) is 7.05 Å². The van der Waals surface area contributed by atoms with Crippen LogP contribution in [0.4, 0.5) is 0 Å². The van der Waals surface area contributed by atoms with Crippen LogP contribution >= 0.6 is 0 Å². The van der Waals surface area contributed by atoms with Crippen LogP contribution in [0.2, 0.25) is 0 Å². The number of nitrogens with two attached hydrogens (primary N) is 1. The summed E-state index contributed by atoms with van der Waals surface area (Å²) in [6.07, 6.45) is 6.30. The van der Waals surface area contributed by atoms with Crippen LogP contribution in [0.15, 0.2) is 0 Å². The number of nitrogens with one attached hydrogen (secondary N) is 1. The summed E-state index contributed by atoms with van der Waals surface area (Å²) >= 11 is 0. The first-order valence-corrected chi connectivity index (χ1v) is 7.95. The summed E-state index contributed by atoms with van der Waals surface area (Å²) in [6, 6.07) is 1.09. The molecule has 0 spiro atoms. The van der Waals surface area contributed by atoms with Gasteiger partial charge in [0.15, 0.2) is 0 Å². The largest absolute Gasteiger partial charge is 0.352 e. The van der Waals surface area contributed by atoms with Crippen molar-refractivity contribution >= 4 is 11.8 Å². The molecular formula is C15H28N4O2. The van der Waals surface area contributed by atoms with Gasteiger partial charge in [0.05, 0.1) is 13.1 Å². The van der Waals surface area contributed by atoms with Gasteiger partial charge in [0.2, 0.25) is 11.8 Å². The summed E-state index contributed by atoms with van der Waals surface area (Å²) < 4.78 is 0. The Kier molecular flexibility index (Phi) is 5.58. The minimum Gasteiger partial charge on any atom is -0.352 e. The molecule has 0 aromatic heterocycles. The van der Waals surface area contributed by atoms with E-state index in [9.17, 15) is 9.59 Å². The second-order valence-corrected chi connectivity index (χ2v) is 6.58. The highest BCUT2D eigenvalue weighted by molar-refractivity contribution is 5.85. The Morgan fingerprint density at radius 3 is 2.24 bits per heavy atom. The molecule has 6 nitrogen and oxygen atoms in total. The van der Waals surface area contributed by atoms with Crippen molar-refractivity contribution in [3.05, 3.63) is 0 Å². The zero-order valence-electron chi connectivity index (χ0n) is 13.2. The Morgan fingerprint density at radius 2 is 1.67 bits per heavy atom. The number of hydrogen-bond acceptors (Lipinski definition) is 4. The number of nitrogens with zero attached hydrogens (tertiary/aromatic N) is 2. The van der Waals surface area contributed by atoms with Crippen LogP contribution < -0.4 is 11.1 Å². The molecule has 120 valence electrons. The molecule has 0 heterocycles. The van der Waals surface area contributed by atoms with E-state index < -0.39 is 0 Å². The van der Waals surface area contributed by atoms with Crippen molar-refractivity contribution in [3.63, 3.8) is 0 Å². The summed E-state index contributed by atoms with van der Waals surface area (Å²) in [5, 5.41) is 2.90. The molecule has 0 unspecified atom stereocenters. The van der Waals surface area contributed by atoms with Gasteiger partial charge in [0, 0.05) is 25.2 Å². The van der Waals surface area contributed by atoms with Gasteiger partial charge in [-0.15, -0.1) is 0 Å². The standard InChI is InChI=1S/C15H28N4O2/c1-18(13-7-3-11(16)4-8-13)10-15(21)19(2)9-14(20)17-12-5-6-12/h11-13H,3-10,16H2,1-2H3,(H,17,20). The lowest BCUT2D eigenvalue weighted by Gasteiger charge is -2.33. The zero-order valence-corrected chi connectivity index (χ0v) is 13.2. The molecule has 21 heavy (non-hydrogen) atoms. The minimum absolute atomic E-state index is 0.00156. The molecule has 2 amide bonds. The van der Waals surface area contributed by atoms with Crippen molar-refractivity contribution < 1.29 is 9.59 Å². The zero-order chi connectivity index (χ0) is 15.4. The van der Waals surface area contributed by atoms with Crippen molar-refractivity contribution in [2.24, 2.45) is 5.73 Å². The third kappa shape index (κ3) is 5.28. The highest BCUT2D eigenvalue weighted by atomic mass is 16.2. The summed E-state index contributed by atoms with van der Waals surface area (Å²) in [6.45, 7) is 0.520. The van der Waals surface area contributed by atoms with Crippen molar-refractivity contribution in [2.75, 3.05) is 27.2 Å². The monoisotopic (exact) mass is 296 g/mol. The maximum atomic E-state index is 12.2. The normalized spacial score (nSPS) is 25.7. The molecule has 0 bridgehead atoms. The predicted molar refractivity (Wildman–Crippen MR) is 81.7 cm³/mol. The Bertz CT molecular complexity index is 376. The first-order valence-electron chi connectivity index (χ1n) is 7.95. The van der Waals surface area contributed by atoms with E-state index in [1.807, 2.05) is 7.05 Å². The number of amides is 2. The van der Waals surface area contributed by atoms with Crippen LogP contribution in [0, 0.1) is 0 Å². The van der Waals surface area contributed by atoms with Gasteiger partial charge in [-0.3, -0.25) is 14.5 Å². The fraction of sp³-hybridized carbons (Fsp3) is 0.867. The van der Waals surface area contributed by atoms with Gasteiger partial charge in [-0.25, -0.2) is 0 Å². The lowest BCUT2D eigenvalue weighted by Crippen LogP contribution is -2.46. The third-order valence-corrected chi connectivity index (χ3v) is 4.50. The lowest BCUT2D eigenvalue weighted by atomic mass is 9.91. The summed E-state index contributed by atoms with van der Waals surface area (Å²) in [7, 11) is 3.68. The first-order chi connectivity index (χ1) is 9.95. The fourth-order valence-corrected chi connectivity index (χ4v) is 2.81. The van der Waals surface area contributed by atoms with E-state index in [-0.39, 0.29) is 18.4 Å². The molecule has 2 aliphatic carbocycles. The van der Waals surface area contributed by atoms with E-state index in [4.69, 9.17) is 5.73 Å². The van der Waals surface area contributed by atoms with E-state index in [2.05, 4.69) is 10.2 Å². The van der Waals surface area contributed by atoms with E-state index in [0.29, 0.717) is 24.7 Å². The highest BCUT2D eigenvalue weighted by Crippen LogP contribution is 2.21. The van der Waals surface area contributed by atoms with Crippen LogP contribution in [-0.2, 0) is 9.59 Å². The van der Waals surface area contributed by atoms with E-state index in [1.165, 1.54) is 4.90 Å². The molecule has 0 radical (unpaired) electrons. The van der Waals surface area contributed by atoms with Crippen LogP contribution in [0.3, 0.4) is 0 Å². The van der Waals surface area contributed by atoms with Gasteiger partial charge < -0.3 is 16.0 Å². The molecule has 0 aromatic rings. The van der Waals surface area contributed by atoms with Crippen LogP contribution in [0.5, 0.6) is 0 Å². The van der Waals surface area contributed by atoms with Crippen LogP contribution in [0.1, 0.15) is 38.5 Å². The SMILES string of the molecule is CN(CC(=O)NC1CC1)C(=O)CN(C)C1CCC(N)CC1. The number of carbonyl (C=O) groups is 2. The molecule has 6 heteroatoms. The average molecular weight is 296 g/mol. The Hall–Kier alpha value is -1.14. The Labute approximate surface area is 127 Å². The summed E-state index contributed by atoms with van der Waals surface area (Å²) in [4.78, 5) is 27.5. The van der Waals surface area contributed by atoms with Crippen molar-refractivity contribution in [3.8, 4) is 0 Å². The quantitative estimate of drug-likeness (QED) is 0.719. The maximum Gasteiger partial charge on any atom is 0.239 e. The Morgan fingerprint density at radius 1 is 1.05 bits per heavy atom. The van der Waals surface area contributed by atoms with Crippen molar-refractivity contribution in [1.82, 2.24) is 15.1 Å². The van der Waals surface area contributed by atoms with Crippen molar-refractivity contribution in [2.45, 2.75) is 56.7 Å². The summed E-state index contributed by atoms with van der Waals surface area (Å²) in [5.74, 6) is -0.0574. The van der Waals surface area contributed by atoms with Gasteiger partial charge in [-0.1, -0.05) is 0 Å². The Balaban J connectivity index is 1.70. The van der Waals surface area contributed by atoms with Crippen molar-refractivity contribution in [1.29, 1.82) is 0 Å². The van der Waals surface area contributed by atoms with E-state index in [0.717, 1.165) is 38.5 Å². The molecule has 2 saturated carbocycles. The van der Waals surface area contributed by atoms with Gasteiger partial charge in [-0.05, 0) is 45.6 Å². The van der Waals surface area contributed by atoms with Gasteiger partial charge in [0.1, 0.15) is 0 Å². The molecule has 2 fully saturated rings. The fourth-order valence-electron chi connectivity index (χ4n) is 2.81. The van der Waals surface area contributed by atoms with E-state index >= 15 is 0 Å². The number of carbonyl (C=O) groups excluding carboxylic acids is 2. The second kappa shape index (κ2) is 7.22. The predicted octanol–water partition coefficient (Wildman–Crippen LogP) is -0.0749. The second-order valence-electron chi connectivity index (χ2n) is 6.58. The molecule has 0 atom stereocenters. The van der Waals surface area contributed by atoms with Gasteiger partial charge >= 0.3 is 0 Å². The third-order valence-electron chi connectivity index (χ3n) is 4.50. The van der Waals surface area contributed by atoms with Crippen LogP contribution in [0.25, 0.3) is 0 Å². The number of rotatable bonds is 6. The number of likely N-dealkylation sites (N-methyl/N-ethyl adjacent to an activating group) is 2. The maximum absolute atomic E-state index is 12.2. The first kappa shape index (κ1) is 16.2. The summed E-state index contributed by atoms with van der Waals surface area (Å²) in [5.41, 5.74) is 5.91. The molecule has 0 saturated heterocycles. The minimum atomic E-state index is -0.0559. The molecule has 2 rings (SSSR count).